The van der Waals surface area contributed by atoms with Crippen LogP contribution in [0.3, 0.4) is 0 Å². The summed E-state index contributed by atoms with van der Waals surface area (Å²) in [5, 5.41) is 8.33. The number of nitriles is 1. The molecule has 0 amide bonds. The second kappa shape index (κ2) is 4.26. The molecule has 0 unspecified atom stereocenters. The zero-order valence-electron chi connectivity index (χ0n) is 8.55. The minimum absolute atomic E-state index is 0.112. The van der Waals surface area contributed by atoms with Crippen LogP contribution in [-0.2, 0) is 5.92 Å². The number of nitrogens with zero attached hydrogens (tertiary/aromatic N) is 1. The molecule has 1 aromatic rings. The maximum Gasteiger partial charge on any atom is 0.289 e. The molecule has 0 heterocycles. The lowest BCUT2D eigenvalue weighted by Gasteiger charge is -2.17. The highest BCUT2D eigenvalue weighted by molar-refractivity contribution is 5.40. The molecule has 80 valence electrons. The lowest BCUT2D eigenvalue weighted by molar-refractivity contribution is -0.00132. The Labute approximate surface area is 87.1 Å². The van der Waals surface area contributed by atoms with Crippen molar-refractivity contribution in [3.05, 3.63) is 29.3 Å². The molecule has 0 spiro atoms. The van der Waals surface area contributed by atoms with Crippen molar-refractivity contribution in [2.24, 2.45) is 0 Å². The van der Waals surface area contributed by atoms with E-state index < -0.39 is 12.3 Å². The molecular formula is C11H11F2NO. The molecule has 15 heavy (non-hydrogen) atoms. The maximum absolute atomic E-state index is 13.5. The molecule has 0 saturated carbocycles. The van der Waals surface area contributed by atoms with Gasteiger partial charge in [-0.05, 0) is 19.1 Å². The third kappa shape index (κ3) is 2.44. The number of halogens is 2. The molecule has 0 N–H and O–H groups in total. The van der Waals surface area contributed by atoms with Crippen molar-refractivity contribution >= 4 is 0 Å². The Morgan fingerprint density at radius 1 is 1.47 bits per heavy atom. The second-order valence-electron chi connectivity index (χ2n) is 3.24. The highest BCUT2D eigenvalue weighted by Gasteiger charge is 2.34. The van der Waals surface area contributed by atoms with Gasteiger partial charge in [0.2, 0.25) is 0 Å². The summed E-state index contributed by atoms with van der Waals surface area (Å²) in [6.45, 7) is 1.71. The van der Waals surface area contributed by atoms with E-state index in [9.17, 15) is 8.78 Å². The molecule has 0 bridgehead atoms. The van der Waals surface area contributed by atoms with Crippen LogP contribution < -0.4 is 4.74 Å². The summed E-state index contributed by atoms with van der Waals surface area (Å²) in [4.78, 5) is 0. The molecule has 2 nitrogen and oxygen atoms in total. The summed E-state index contributed by atoms with van der Waals surface area (Å²) in [5.41, 5.74) is 0.481. The molecular weight excluding hydrogens is 200 g/mol. The lowest BCUT2D eigenvalue weighted by Crippen LogP contribution is -2.14. The van der Waals surface area contributed by atoms with Crippen LogP contribution in [0.5, 0.6) is 5.75 Å². The number of hydrogen-bond acceptors (Lipinski definition) is 2. The smallest absolute Gasteiger partial charge is 0.289 e. The first-order valence-electron chi connectivity index (χ1n) is 4.41. The van der Waals surface area contributed by atoms with E-state index in [-0.39, 0.29) is 11.3 Å². The van der Waals surface area contributed by atoms with Crippen LogP contribution in [-0.4, -0.2) is 7.11 Å². The SMILES string of the molecule is COc1ccc(C)cc1C(F)(F)CC#N. The molecule has 0 aromatic heterocycles. The van der Waals surface area contributed by atoms with Gasteiger partial charge in [-0.3, -0.25) is 0 Å². The number of hydrogen-bond donors (Lipinski definition) is 0. The molecule has 0 radical (unpaired) electrons. The number of ether oxygens (including phenoxy) is 1. The van der Waals surface area contributed by atoms with E-state index in [2.05, 4.69) is 0 Å². The van der Waals surface area contributed by atoms with Gasteiger partial charge in [0.15, 0.2) is 0 Å². The van der Waals surface area contributed by atoms with Gasteiger partial charge >= 0.3 is 0 Å². The fourth-order valence-corrected chi connectivity index (χ4v) is 1.30. The minimum atomic E-state index is -3.16. The summed E-state index contributed by atoms with van der Waals surface area (Å²) in [6, 6.07) is 5.98. The van der Waals surface area contributed by atoms with E-state index in [1.54, 1.807) is 13.0 Å². The maximum atomic E-state index is 13.5. The molecule has 0 saturated heterocycles. The number of methoxy groups -OCH3 is 1. The Morgan fingerprint density at radius 2 is 2.13 bits per heavy atom. The Kier molecular flexibility index (Phi) is 3.25. The first-order valence-corrected chi connectivity index (χ1v) is 4.41. The monoisotopic (exact) mass is 211 g/mol. The first kappa shape index (κ1) is 11.4. The van der Waals surface area contributed by atoms with Crippen molar-refractivity contribution < 1.29 is 13.5 Å². The average molecular weight is 211 g/mol. The quantitative estimate of drug-likeness (QED) is 0.769. The summed E-state index contributed by atoms with van der Waals surface area (Å²) in [6.07, 6.45) is -0.840. The predicted octanol–water partition coefficient (Wildman–Crippen LogP) is 3.01. The number of aryl methyl sites for hydroxylation is 1. The van der Waals surface area contributed by atoms with E-state index >= 15 is 0 Å². The van der Waals surface area contributed by atoms with Gasteiger partial charge in [-0.2, -0.15) is 5.26 Å². The Hall–Kier alpha value is -1.63. The van der Waals surface area contributed by atoms with Crippen LogP contribution in [0.25, 0.3) is 0 Å². The fourth-order valence-electron chi connectivity index (χ4n) is 1.30. The summed E-state index contributed by atoms with van der Waals surface area (Å²) >= 11 is 0. The highest BCUT2D eigenvalue weighted by Crippen LogP contribution is 2.37. The third-order valence-electron chi connectivity index (χ3n) is 2.05. The Bertz CT molecular complexity index is 396. The van der Waals surface area contributed by atoms with E-state index in [1.165, 1.54) is 25.3 Å². The predicted molar refractivity (Wildman–Crippen MR) is 51.9 cm³/mol. The van der Waals surface area contributed by atoms with Gasteiger partial charge in [-0.1, -0.05) is 11.6 Å². The number of rotatable bonds is 3. The largest absolute Gasteiger partial charge is 0.496 e. The van der Waals surface area contributed by atoms with Crippen LogP contribution >= 0.6 is 0 Å². The molecule has 0 aliphatic carbocycles. The van der Waals surface area contributed by atoms with Crippen molar-refractivity contribution in [2.75, 3.05) is 7.11 Å². The van der Waals surface area contributed by atoms with Crippen LogP contribution in [0.4, 0.5) is 8.78 Å². The van der Waals surface area contributed by atoms with Crippen LogP contribution in [0.1, 0.15) is 17.5 Å². The summed E-state index contributed by atoms with van der Waals surface area (Å²) < 4.78 is 31.8. The number of alkyl halides is 2. The van der Waals surface area contributed by atoms with Crippen molar-refractivity contribution in [1.29, 1.82) is 5.26 Å². The van der Waals surface area contributed by atoms with E-state index in [0.29, 0.717) is 5.56 Å². The highest BCUT2D eigenvalue weighted by atomic mass is 19.3. The molecule has 0 aliphatic heterocycles. The van der Waals surface area contributed by atoms with Gasteiger partial charge in [-0.25, -0.2) is 8.78 Å². The summed E-state index contributed by atoms with van der Waals surface area (Å²) in [7, 11) is 1.33. The lowest BCUT2D eigenvalue weighted by atomic mass is 10.0. The normalized spacial score (nSPS) is 10.9. The molecule has 0 atom stereocenters. The minimum Gasteiger partial charge on any atom is -0.496 e. The van der Waals surface area contributed by atoms with Crippen LogP contribution in [0.15, 0.2) is 18.2 Å². The van der Waals surface area contributed by atoms with E-state index in [0.717, 1.165) is 0 Å². The van der Waals surface area contributed by atoms with Gasteiger partial charge in [0, 0.05) is 0 Å². The molecule has 0 aliphatic rings. The van der Waals surface area contributed by atoms with Gasteiger partial charge in [0.05, 0.1) is 18.7 Å². The second-order valence-corrected chi connectivity index (χ2v) is 3.24. The Balaban J connectivity index is 3.22. The number of benzene rings is 1. The molecule has 4 heteroatoms. The van der Waals surface area contributed by atoms with Gasteiger partial charge in [0.1, 0.15) is 12.2 Å². The van der Waals surface area contributed by atoms with Crippen molar-refractivity contribution in [3.8, 4) is 11.8 Å². The fraction of sp³-hybridized carbons (Fsp3) is 0.364. The van der Waals surface area contributed by atoms with Crippen molar-refractivity contribution in [1.82, 2.24) is 0 Å². The Morgan fingerprint density at radius 3 is 2.67 bits per heavy atom. The standard InChI is InChI=1S/C11H11F2NO/c1-8-3-4-10(15-2)9(7-8)11(12,13)5-6-14/h3-4,7H,5H2,1-2H3. The van der Waals surface area contributed by atoms with Gasteiger partial charge < -0.3 is 4.74 Å². The molecule has 1 rings (SSSR count). The van der Waals surface area contributed by atoms with Crippen LogP contribution in [0.2, 0.25) is 0 Å². The summed E-state index contributed by atoms with van der Waals surface area (Å²) in [5.74, 6) is -3.05. The molecule has 1 aromatic carbocycles. The average Bonchev–Trinajstić information content (AvgIpc) is 2.17. The van der Waals surface area contributed by atoms with Crippen molar-refractivity contribution in [2.45, 2.75) is 19.3 Å². The van der Waals surface area contributed by atoms with Gasteiger partial charge in [-0.15, -0.1) is 0 Å². The first-order chi connectivity index (χ1) is 7.01. The van der Waals surface area contributed by atoms with E-state index in [1.807, 2.05) is 0 Å². The van der Waals surface area contributed by atoms with E-state index in [4.69, 9.17) is 10.00 Å². The third-order valence-corrected chi connectivity index (χ3v) is 2.05. The molecule has 0 fully saturated rings. The zero-order valence-corrected chi connectivity index (χ0v) is 8.55. The van der Waals surface area contributed by atoms with Crippen LogP contribution in [0, 0.1) is 18.3 Å². The zero-order chi connectivity index (χ0) is 11.5. The van der Waals surface area contributed by atoms with Gasteiger partial charge in [0.25, 0.3) is 5.92 Å². The van der Waals surface area contributed by atoms with Crippen molar-refractivity contribution in [3.63, 3.8) is 0 Å². The topological polar surface area (TPSA) is 33.0 Å².